The molecule has 0 saturated heterocycles. The highest BCUT2D eigenvalue weighted by Gasteiger charge is 2.23. The highest BCUT2D eigenvalue weighted by molar-refractivity contribution is 7.99. The smallest absolute Gasteiger partial charge is 0.251 e. The average Bonchev–Trinajstić information content (AvgIpc) is 2.83. The summed E-state index contributed by atoms with van der Waals surface area (Å²) < 4.78 is 27.5. The molecule has 0 heterocycles. The van der Waals surface area contributed by atoms with Crippen molar-refractivity contribution in [1.29, 1.82) is 0 Å². The van der Waals surface area contributed by atoms with Crippen molar-refractivity contribution in [3.63, 3.8) is 0 Å². The van der Waals surface area contributed by atoms with Gasteiger partial charge in [-0.15, -0.1) is 11.8 Å². The molecule has 3 aromatic carbocycles. The highest BCUT2D eigenvalue weighted by atomic mass is 32.2. The molecular formula is C28H32F2N2O2S. The minimum absolute atomic E-state index is 0.0813. The van der Waals surface area contributed by atoms with E-state index in [0.29, 0.717) is 17.7 Å². The van der Waals surface area contributed by atoms with Crippen LogP contribution >= 0.6 is 11.8 Å². The zero-order valence-electron chi connectivity index (χ0n) is 20.1. The van der Waals surface area contributed by atoms with Crippen LogP contribution in [0.4, 0.5) is 8.78 Å². The van der Waals surface area contributed by atoms with Crippen molar-refractivity contribution in [3.8, 4) is 0 Å². The van der Waals surface area contributed by atoms with Crippen LogP contribution in [0.5, 0.6) is 0 Å². The Kier molecular flexibility index (Phi) is 10.3. The topological polar surface area (TPSA) is 61.4 Å². The van der Waals surface area contributed by atoms with Gasteiger partial charge in [0, 0.05) is 29.6 Å². The normalized spacial score (nSPS) is 12.8. The van der Waals surface area contributed by atoms with E-state index in [-0.39, 0.29) is 18.9 Å². The largest absolute Gasteiger partial charge is 0.390 e. The van der Waals surface area contributed by atoms with Crippen LogP contribution < -0.4 is 10.6 Å². The van der Waals surface area contributed by atoms with Gasteiger partial charge in [-0.2, -0.15) is 0 Å². The Balaban J connectivity index is 1.72. The first-order valence-corrected chi connectivity index (χ1v) is 12.8. The van der Waals surface area contributed by atoms with Gasteiger partial charge in [-0.1, -0.05) is 44.2 Å². The number of aryl methyl sites for hydroxylation is 1. The molecule has 3 rings (SSSR count). The molecule has 3 aromatic rings. The Morgan fingerprint density at radius 2 is 1.66 bits per heavy atom. The number of aliphatic hydroxyl groups excluding tert-OH is 1. The molecule has 7 heteroatoms. The molecule has 1 amide bonds. The molecule has 0 unspecified atom stereocenters. The molecule has 0 spiro atoms. The van der Waals surface area contributed by atoms with Crippen LogP contribution in [0.1, 0.15) is 40.9 Å². The third-order valence-corrected chi connectivity index (χ3v) is 6.52. The fourth-order valence-electron chi connectivity index (χ4n) is 3.88. The molecule has 0 saturated carbocycles. The summed E-state index contributed by atoms with van der Waals surface area (Å²) in [6, 6.07) is 17.9. The second-order valence-corrected chi connectivity index (χ2v) is 9.73. The standard InChI is InChI=1S/C28H32F2N2O2S/c1-3-19-7-5-8-20(11-19)17-31-18-27(33)26(14-21-12-23(29)16-24(30)13-21)32-28(34)22-9-6-10-25(15-22)35-4-2/h5-13,15-16,26-27,31,33H,3-4,14,17-18H2,1-2H3,(H,32,34)/t26-,27-/m0/s1. The molecule has 186 valence electrons. The zero-order valence-corrected chi connectivity index (χ0v) is 20.9. The van der Waals surface area contributed by atoms with E-state index >= 15 is 0 Å². The number of amides is 1. The van der Waals surface area contributed by atoms with Crippen molar-refractivity contribution in [2.75, 3.05) is 12.3 Å². The highest BCUT2D eigenvalue weighted by Crippen LogP contribution is 2.19. The van der Waals surface area contributed by atoms with Crippen molar-refractivity contribution < 1.29 is 18.7 Å². The van der Waals surface area contributed by atoms with Gasteiger partial charge in [-0.25, -0.2) is 8.78 Å². The second-order valence-electron chi connectivity index (χ2n) is 8.39. The lowest BCUT2D eigenvalue weighted by atomic mass is 10.00. The summed E-state index contributed by atoms with van der Waals surface area (Å²) in [5.74, 6) is -0.861. The molecule has 3 N–H and O–H groups in total. The molecule has 35 heavy (non-hydrogen) atoms. The number of hydrogen-bond donors (Lipinski definition) is 3. The maximum atomic E-state index is 13.8. The maximum absolute atomic E-state index is 13.8. The van der Waals surface area contributed by atoms with Gasteiger partial charge < -0.3 is 15.7 Å². The summed E-state index contributed by atoms with van der Waals surface area (Å²) in [7, 11) is 0. The Morgan fingerprint density at radius 1 is 0.943 bits per heavy atom. The van der Waals surface area contributed by atoms with Gasteiger partial charge >= 0.3 is 0 Å². The minimum Gasteiger partial charge on any atom is -0.390 e. The van der Waals surface area contributed by atoms with E-state index in [0.717, 1.165) is 28.7 Å². The van der Waals surface area contributed by atoms with Crippen molar-refractivity contribution in [2.45, 2.75) is 50.3 Å². The predicted molar refractivity (Wildman–Crippen MR) is 138 cm³/mol. The summed E-state index contributed by atoms with van der Waals surface area (Å²) in [6.45, 7) is 4.88. The van der Waals surface area contributed by atoms with Crippen LogP contribution in [0, 0.1) is 11.6 Å². The van der Waals surface area contributed by atoms with Crippen molar-refractivity contribution in [1.82, 2.24) is 10.6 Å². The summed E-state index contributed by atoms with van der Waals surface area (Å²) in [4.78, 5) is 14.0. The van der Waals surface area contributed by atoms with Gasteiger partial charge in [-0.05, 0) is 65.6 Å². The van der Waals surface area contributed by atoms with Gasteiger partial charge in [0.15, 0.2) is 0 Å². The van der Waals surface area contributed by atoms with Crippen LogP contribution in [0.3, 0.4) is 0 Å². The van der Waals surface area contributed by atoms with E-state index in [4.69, 9.17) is 0 Å². The van der Waals surface area contributed by atoms with E-state index in [1.54, 1.807) is 23.9 Å². The first kappa shape index (κ1) is 26.9. The molecule has 0 bridgehead atoms. The molecule has 0 aliphatic heterocycles. The molecule has 0 aliphatic rings. The van der Waals surface area contributed by atoms with Crippen LogP contribution in [-0.2, 0) is 19.4 Å². The number of hydrogen-bond acceptors (Lipinski definition) is 4. The van der Waals surface area contributed by atoms with Gasteiger partial charge in [0.25, 0.3) is 5.91 Å². The van der Waals surface area contributed by atoms with Crippen LogP contribution in [-0.4, -0.2) is 35.5 Å². The van der Waals surface area contributed by atoms with E-state index in [2.05, 4.69) is 29.7 Å². The fourth-order valence-corrected chi connectivity index (χ4v) is 4.60. The first-order chi connectivity index (χ1) is 16.9. The third kappa shape index (κ3) is 8.46. The quantitative estimate of drug-likeness (QED) is 0.303. The Bertz CT molecular complexity index is 1110. The number of aliphatic hydroxyl groups is 1. The lowest BCUT2D eigenvalue weighted by Crippen LogP contribution is -2.48. The molecule has 0 aliphatic carbocycles. The lowest BCUT2D eigenvalue weighted by Gasteiger charge is -2.25. The molecule has 4 nitrogen and oxygen atoms in total. The molecule has 0 radical (unpaired) electrons. The number of rotatable bonds is 12. The minimum atomic E-state index is -0.979. The average molecular weight is 499 g/mol. The van der Waals surface area contributed by atoms with E-state index in [1.165, 1.54) is 17.7 Å². The monoisotopic (exact) mass is 498 g/mol. The summed E-state index contributed by atoms with van der Waals surface area (Å²) >= 11 is 1.63. The SMILES string of the molecule is CCSc1cccc(C(=O)N[C@@H](Cc2cc(F)cc(F)c2)[C@@H](O)CNCc2cccc(CC)c2)c1. The molecule has 0 aromatic heterocycles. The summed E-state index contributed by atoms with van der Waals surface area (Å²) in [5.41, 5.74) is 3.15. The first-order valence-electron chi connectivity index (χ1n) is 11.8. The van der Waals surface area contributed by atoms with Crippen LogP contribution in [0.25, 0.3) is 0 Å². The number of thioether (sulfide) groups is 1. The maximum Gasteiger partial charge on any atom is 0.251 e. The van der Waals surface area contributed by atoms with E-state index in [1.807, 2.05) is 31.2 Å². The number of benzene rings is 3. The predicted octanol–water partition coefficient (Wildman–Crippen LogP) is 5.13. The summed E-state index contributed by atoms with van der Waals surface area (Å²) in [5, 5.41) is 17.1. The Hall–Kier alpha value is -2.74. The molecule has 2 atom stereocenters. The fraction of sp³-hybridized carbons (Fsp3) is 0.321. The molecular weight excluding hydrogens is 466 g/mol. The molecule has 0 fully saturated rings. The Labute approximate surface area is 210 Å². The number of carbonyl (C=O) groups excluding carboxylic acids is 1. The van der Waals surface area contributed by atoms with E-state index < -0.39 is 23.8 Å². The van der Waals surface area contributed by atoms with Crippen LogP contribution in [0.15, 0.2) is 71.6 Å². The number of nitrogens with one attached hydrogen (secondary N) is 2. The lowest BCUT2D eigenvalue weighted by molar-refractivity contribution is 0.0829. The van der Waals surface area contributed by atoms with Crippen LogP contribution in [0.2, 0.25) is 0 Å². The van der Waals surface area contributed by atoms with Gasteiger partial charge in [0.05, 0.1) is 12.1 Å². The van der Waals surface area contributed by atoms with Gasteiger partial charge in [0.2, 0.25) is 0 Å². The zero-order chi connectivity index (χ0) is 25.2. The van der Waals surface area contributed by atoms with Crippen molar-refractivity contribution in [3.05, 3.63) is 101 Å². The number of halogens is 2. The second kappa shape index (κ2) is 13.4. The van der Waals surface area contributed by atoms with Crippen molar-refractivity contribution in [2.24, 2.45) is 0 Å². The number of carbonyl (C=O) groups is 1. The van der Waals surface area contributed by atoms with Gasteiger partial charge in [-0.3, -0.25) is 4.79 Å². The summed E-state index contributed by atoms with van der Waals surface area (Å²) in [6.07, 6.45) is 0.0397. The third-order valence-electron chi connectivity index (χ3n) is 5.65. The van der Waals surface area contributed by atoms with Crippen molar-refractivity contribution >= 4 is 17.7 Å². The van der Waals surface area contributed by atoms with Gasteiger partial charge in [0.1, 0.15) is 11.6 Å². The van der Waals surface area contributed by atoms with E-state index in [9.17, 15) is 18.7 Å². The Morgan fingerprint density at radius 3 is 2.37 bits per heavy atom.